The number of tetrazole rings is 1. The third-order valence-electron chi connectivity index (χ3n) is 6.69. The van der Waals surface area contributed by atoms with Crippen molar-refractivity contribution in [2.75, 3.05) is 5.32 Å². The van der Waals surface area contributed by atoms with Crippen molar-refractivity contribution < 1.29 is 40.7 Å². The summed E-state index contributed by atoms with van der Waals surface area (Å²) in [6.07, 6.45) is -8.33. The van der Waals surface area contributed by atoms with Crippen LogP contribution in [0.25, 0.3) is 5.82 Å². The third kappa shape index (κ3) is 8.44. The monoisotopic (exact) mass is 727 g/mol. The van der Waals surface area contributed by atoms with Crippen molar-refractivity contribution in [2.24, 2.45) is 0 Å². The smallest absolute Gasteiger partial charge is 0.406 e. The molecular formula is C29H21Cl2F6N9O3. The van der Waals surface area contributed by atoms with Crippen LogP contribution in [0.3, 0.4) is 0 Å². The summed E-state index contributed by atoms with van der Waals surface area (Å²) in [6, 6.07) is 11.2. The van der Waals surface area contributed by atoms with E-state index < -0.39 is 48.5 Å². The van der Waals surface area contributed by atoms with Crippen LogP contribution in [0.2, 0.25) is 10.0 Å². The Kier molecular flexibility index (Phi) is 9.82. The summed E-state index contributed by atoms with van der Waals surface area (Å²) < 4.78 is 81.6. The Morgan fingerprint density at radius 3 is 2.33 bits per heavy atom. The van der Waals surface area contributed by atoms with Crippen LogP contribution < -0.4 is 15.4 Å². The first-order chi connectivity index (χ1) is 23.0. The van der Waals surface area contributed by atoms with Crippen molar-refractivity contribution in [3.05, 3.63) is 105 Å². The van der Waals surface area contributed by atoms with Gasteiger partial charge in [-0.05, 0) is 72.7 Å². The molecule has 5 rings (SSSR count). The normalized spacial score (nSPS) is 12.4. The summed E-state index contributed by atoms with van der Waals surface area (Å²) in [5.41, 5.74) is 0.658. The molecule has 0 aliphatic rings. The predicted octanol–water partition coefficient (Wildman–Crippen LogP) is 6.58. The second-order valence-corrected chi connectivity index (χ2v) is 11.1. The molecule has 49 heavy (non-hydrogen) atoms. The van der Waals surface area contributed by atoms with Crippen molar-refractivity contribution in [2.45, 2.75) is 39.0 Å². The molecule has 2 N–H and O–H groups in total. The SMILES string of the molecule is Cc1cc(Cl)cc(C(=O)NC(C)c2ccc(OC(F)(F)F)cc2)c1NC(=O)c1cc(Cn2nnc(C(F)(F)F)n2)nn1-c1ncccc1Cl. The van der Waals surface area contributed by atoms with E-state index in [4.69, 9.17) is 23.2 Å². The Labute approximate surface area is 282 Å². The molecule has 2 aromatic carbocycles. The Hall–Kier alpha value is -5.23. The quantitative estimate of drug-likeness (QED) is 0.162. The average molecular weight is 728 g/mol. The lowest BCUT2D eigenvalue weighted by Crippen LogP contribution is -2.28. The Morgan fingerprint density at radius 1 is 0.980 bits per heavy atom. The minimum Gasteiger partial charge on any atom is -0.406 e. The van der Waals surface area contributed by atoms with E-state index >= 15 is 0 Å². The highest BCUT2D eigenvalue weighted by Gasteiger charge is 2.37. The molecule has 0 radical (unpaired) electrons. The van der Waals surface area contributed by atoms with Gasteiger partial charge in [0.1, 0.15) is 18.0 Å². The molecule has 12 nitrogen and oxygen atoms in total. The summed E-state index contributed by atoms with van der Waals surface area (Å²) >= 11 is 12.6. The van der Waals surface area contributed by atoms with E-state index in [2.05, 4.69) is 40.9 Å². The van der Waals surface area contributed by atoms with Gasteiger partial charge in [0.05, 0.1) is 28.0 Å². The van der Waals surface area contributed by atoms with E-state index in [1.807, 2.05) is 0 Å². The number of pyridine rings is 1. The molecule has 0 saturated heterocycles. The number of hydrogen-bond acceptors (Lipinski definition) is 8. The highest BCUT2D eigenvalue weighted by molar-refractivity contribution is 6.32. The van der Waals surface area contributed by atoms with Gasteiger partial charge >= 0.3 is 12.5 Å². The maximum atomic E-state index is 13.8. The summed E-state index contributed by atoms with van der Waals surface area (Å²) in [6.45, 7) is 2.75. The number of halogens is 8. The topological polar surface area (TPSA) is 142 Å². The number of alkyl halides is 6. The first-order valence-electron chi connectivity index (χ1n) is 13.8. The van der Waals surface area contributed by atoms with Crippen LogP contribution in [0.15, 0.2) is 60.8 Å². The number of hydrogen-bond donors (Lipinski definition) is 2. The van der Waals surface area contributed by atoms with Gasteiger partial charge in [0.25, 0.3) is 17.6 Å². The molecule has 0 aliphatic carbocycles. The summed E-state index contributed by atoms with van der Waals surface area (Å²) in [5.74, 6) is -3.42. The van der Waals surface area contributed by atoms with E-state index in [9.17, 15) is 35.9 Å². The van der Waals surface area contributed by atoms with Crippen LogP contribution in [0.4, 0.5) is 32.0 Å². The van der Waals surface area contributed by atoms with Gasteiger partial charge in [0.2, 0.25) is 0 Å². The summed E-state index contributed by atoms with van der Waals surface area (Å²) in [4.78, 5) is 32.1. The number of anilines is 1. The van der Waals surface area contributed by atoms with E-state index in [1.54, 1.807) is 13.8 Å². The largest absolute Gasteiger partial charge is 0.573 e. The number of aryl methyl sites for hydroxylation is 1. The molecule has 0 bridgehead atoms. The van der Waals surface area contributed by atoms with E-state index in [0.717, 1.165) is 16.8 Å². The molecular weight excluding hydrogens is 707 g/mol. The predicted molar refractivity (Wildman–Crippen MR) is 161 cm³/mol. The molecule has 0 fully saturated rings. The van der Waals surface area contributed by atoms with Crippen molar-refractivity contribution in [1.29, 1.82) is 0 Å². The zero-order valence-electron chi connectivity index (χ0n) is 24.9. The molecule has 3 heterocycles. The van der Waals surface area contributed by atoms with Crippen LogP contribution in [0.1, 0.15) is 56.5 Å². The van der Waals surface area contributed by atoms with Crippen LogP contribution in [0.5, 0.6) is 5.75 Å². The van der Waals surface area contributed by atoms with Crippen LogP contribution >= 0.6 is 23.2 Å². The van der Waals surface area contributed by atoms with Gasteiger partial charge in [-0.15, -0.1) is 23.4 Å². The number of rotatable bonds is 9. The molecule has 1 unspecified atom stereocenters. The molecule has 2 amide bonds. The Balaban J connectivity index is 1.43. The van der Waals surface area contributed by atoms with Gasteiger partial charge in [-0.1, -0.05) is 35.3 Å². The number of ether oxygens (including phenoxy) is 1. The van der Waals surface area contributed by atoms with Crippen LogP contribution in [0, 0.1) is 6.92 Å². The number of carbonyl (C=O) groups excluding carboxylic acids is 2. The first-order valence-corrected chi connectivity index (χ1v) is 14.6. The second-order valence-electron chi connectivity index (χ2n) is 10.3. The first kappa shape index (κ1) is 35.1. The van der Waals surface area contributed by atoms with Gasteiger partial charge in [-0.25, -0.2) is 9.67 Å². The van der Waals surface area contributed by atoms with Crippen molar-refractivity contribution in [3.63, 3.8) is 0 Å². The maximum Gasteiger partial charge on any atom is 0.573 e. The molecule has 256 valence electrons. The lowest BCUT2D eigenvalue weighted by atomic mass is 10.0. The zero-order valence-corrected chi connectivity index (χ0v) is 26.4. The molecule has 0 aliphatic heterocycles. The Bertz CT molecular complexity index is 2010. The lowest BCUT2D eigenvalue weighted by molar-refractivity contribution is -0.274. The molecule has 1 atom stereocenters. The number of nitrogens with zero attached hydrogens (tertiary/aromatic N) is 7. The highest BCUT2D eigenvalue weighted by atomic mass is 35.5. The van der Waals surface area contributed by atoms with Crippen molar-refractivity contribution >= 4 is 40.7 Å². The molecule has 3 aromatic heterocycles. The van der Waals surface area contributed by atoms with E-state index in [-0.39, 0.29) is 38.5 Å². The summed E-state index contributed by atoms with van der Waals surface area (Å²) in [5, 5.41) is 19.6. The fourth-order valence-electron chi connectivity index (χ4n) is 4.51. The van der Waals surface area contributed by atoms with Gasteiger partial charge < -0.3 is 15.4 Å². The Morgan fingerprint density at radius 2 is 1.69 bits per heavy atom. The number of benzene rings is 2. The molecule has 5 aromatic rings. The van der Waals surface area contributed by atoms with Crippen molar-refractivity contribution in [1.82, 2.24) is 40.3 Å². The average Bonchev–Trinajstić information content (AvgIpc) is 3.66. The summed E-state index contributed by atoms with van der Waals surface area (Å²) in [7, 11) is 0. The number of amides is 2. The third-order valence-corrected chi connectivity index (χ3v) is 7.20. The second kappa shape index (κ2) is 13.7. The van der Waals surface area contributed by atoms with Crippen molar-refractivity contribution in [3.8, 4) is 11.6 Å². The van der Waals surface area contributed by atoms with Crippen LogP contribution in [-0.2, 0) is 12.7 Å². The number of carbonyl (C=O) groups is 2. The van der Waals surface area contributed by atoms with Crippen LogP contribution in [-0.4, -0.2) is 53.1 Å². The van der Waals surface area contributed by atoms with Gasteiger partial charge in [-0.2, -0.15) is 23.1 Å². The molecule has 0 spiro atoms. The molecule has 0 saturated carbocycles. The number of aromatic nitrogens is 7. The lowest BCUT2D eigenvalue weighted by Gasteiger charge is -2.19. The number of nitrogens with one attached hydrogen (secondary N) is 2. The fourth-order valence-corrected chi connectivity index (χ4v) is 4.99. The van der Waals surface area contributed by atoms with E-state index in [1.165, 1.54) is 48.7 Å². The fraction of sp³-hybridized carbons (Fsp3) is 0.207. The van der Waals surface area contributed by atoms with Gasteiger partial charge in [-0.3, -0.25) is 9.59 Å². The molecule has 20 heteroatoms. The highest BCUT2D eigenvalue weighted by Crippen LogP contribution is 2.30. The van der Waals surface area contributed by atoms with Gasteiger partial charge in [0.15, 0.2) is 5.82 Å². The maximum absolute atomic E-state index is 13.8. The standard InChI is InChI=1S/C29H21Cl2F6N9O3/c1-14-10-17(30)11-20(25(47)39-15(2)16-5-7-19(8-6-16)49-29(35,36)37)23(14)40-26(48)22-12-18(13-45-43-27(41-44-45)28(32,33)34)42-46(22)24-21(31)4-3-9-38-24/h3-12,15H,13H2,1-2H3,(H,39,47)(H,40,48). The minimum atomic E-state index is -4.87. The van der Waals surface area contributed by atoms with Gasteiger partial charge in [0, 0.05) is 11.2 Å². The van der Waals surface area contributed by atoms with E-state index in [0.29, 0.717) is 15.9 Å². The minimum absolute atomic E-state index is 0.00867. The zero-order chi connectivity index (χ0) is 35.7.